The van der Waals surface area contributed by atoms with E-state index in [1.165, 1.54) is 7.11 Å². The number of fused-ring (bicyclic) bond motifs is 1. The summed E-state index contributed by atoms with van der Waals surface area (Å²) in [5.41, 5.74) is 0. The molecule has 2 saturated heterocycles. The smallest absolute Gasteiger partial charge is 0.305 e. The Hall–Kier alpha value is -0.650. The van der Waals surface area contributed by atoms with E-state index < -0.39 is 5.79 Å². The SMILES string of the molecule is COC(=O)CCCC1CC2OC(C)(C)OC2O1. The molecule has 0 N–H and O–H groups in total. The fourth-order valence-electron chi connectivity index (χ4n) is 2.34. The molecular weight excluding hydrogens is 224 g/mol. The monoisotopic (exact) mass is 244 g/mol. The molecule has 2 aliphatic rings. The van der Waals surface area contributed by atoms with Crippen molar-refractivity contribution in [3.05, 3.63) is 0 Å². The molecule has 5 nitrogen and oxygen atoms in total. The van der Waals surface area contributed by atoms with Crippen LogP contribution >= 0.6 is 0 Å². The molecule has 2 aliphatic heterocycles. The Labute approximate surface area is 101 Å². The molecule has 0 saturated carbocycles. The average Bonchev–Trinajstić information content (AvgIpc) is 2.70. The summed E-state index contributed by atoms with van der Waals surface area (Å²) < 4.78 is 21.7. The van der Waals surface area contributed by atoms with Gasteiger partial charge in [0, 0.05) is 12.8 Å². The third-order valence-electron chi connectivity index (χ3n) is 3.10. The van der Waals surface area contributed by atoms with E-state index in [2.05, 4.69) is 4.74 Å². The number of hydrogen-bond acceptors (Lipinski definition) is 5. The number of ether oxygens (including phenoxy) is 4. The van der Waals surface area contributed by atoms with Gasteiger partial charge in [0.25, 0.3) is 0 Å². The molecule has 17 heavy (non-hydrogen) atoms. The molecule has 2 rings (SSSR count). The minimum Gasteiger partial charge on any atom is -0.469 e. The van der Waals surface area contributed by atoms with Crippen LogP contribution in [0.25, 0.3) is 0 Å². The van der Waals surface area contributed by atoms with Crippen molar-refractivity contribution in [3.8, 4) is 0 Å². The lowest BCUT2D eigenvalue weighted by molar-refractivity contribution is -0.205. The first-order valence-electron chi connectivity index (χ1n) is 6.08. The van der Waals surface area contributed by atoms with Crippen molar-refractivity contribution in [2.45, 2.75) is 63.8 Å². The lowest BCUT2D eigenvalue weighted by Gasteiger charge is -2.20. The van der Waals surface area contributed by atoms with Crippen LogP contribution in [0, 0.1) is 0 Å². The fourth-order valence-corrected chi connectivity index (χ4v) is 2.34. The van der Waals surface area contributed by atoms with E-state index in [9.17, 15) is 4.79 Å². The second-order valence-electron chi connectivity index (χ2n) is 5.00. The molecule has 0 spiro atoms. The van der Waals surface area contributed by atoms with Crippen LogP contribution in [0.1, 0.15) is 39.5 Å². The summed E-state index contributed by atoms with van der Waals surface area (Å²) >= 11 is 0. The number of carbonyl (C=O) groups excluding carboxylic acids is 1. The van der Waals surface area contributed by atoms with Crippen molar-refractivity contribution in [1.29, 1.82) is 0 Å². The van der Waals surface area contributed by atoms with Gasteiger partial charge in [-0.25, -0.2) is 0 Å². The molecular formula is C12H20O5. The normalized spacial score (nSPS) is 34.6. The summed E-state index contributed by atoms with van der Waals surface area (Å²) in [5.74, 6) is -0.705. The summed E-state index contributed by atoms with van der Waals surface area (Å²) in [4.78, 5) is 11.0. The Morgan fingerprint density at radius 3 is 2.82 bits per heavy atom. The maximum atomic E-state index is 11.0. The molecule has 0 amide bonds. The first-order chi connectivity index (χ1) is 8.00. The van der Waals surface area contributed by atoms with Gasteiger partial charge in [-0.1, -0.05) is 0 Å². The molecule has 0 bridgehead atoms. The predicted octanol–water partition coefficient (Wildman–Crippen LogP) is 1.60. The van der Waals surface area contributed by atoms with E-state index >= 15 is 0 Å². The van der Waals surface area contributed by atoms with Gasteiger partial charge < -0.3 is 18.9 Å². The summed E-state index contributed by atoms with van der Waals surface area (Å²) in [6.07, 6.45) is 2.83. The van der Waals surface area contributed by atoms with Gasteiger partial charge in [-0.2, -0.15) is 0 Å². The topological polar surface area (TPSA) is 54.0 Å². The zero-order chi connectivity index (χ0) is 12.5. The Kier molecular flexibility index (Phi) is 3.70. The minimum absolute atomic E-state index is 0.0353. The van der Waals surface area contributed by atoms with E-state index in [0.717, 1.165) is 19.3 Å². The van der Waals surface area contributed by atoms with Gasteiger partial charge in [-0.05, 0) is 26.7 Å². The third-order valence-corrected chi connectivity index (χ3v) is 3.10. The van der Waals surface area contributed by atoms with Gasteiger partial charge in [0.05, 0.1) is 13.2 Å². The van der Waals surface area contributed by atoms with Crippen LogP contribution in [0.4, 0.5) is 0 Å². The quantitative estimate of drug-likeness (QED) is 0.703. The van der Waals surface area contributed by atoms with E-state index in [1.807, 2.05) is 13.8 Å². The van der Waals surface area contributed by atoms with E-state index in [0.29, 0.717) is 6.42 Å². The molecule has 2 heterocycles. The lowest BCUT2D eigenvalue weighted by atomic mass is 10.1. The van der Waals surface area contributed by atoms with E-state index in [1.54, 1.807) is 0 Å². The maximum absolute atomic E-state index is 11.0. The number of hydrogen-bond donors (Lipinski definition) is 0. The Morgan fingerprint density at radius 2 is 2.18 bits per heavy atom. The van der Waals surface area contributed by atoms with Crippen LogP contribution in [0.3, 0.4) is 0 Å². The summed E-state index contributed by atoms with van der Waals surface area (Å²) in [6.45, 7) is 3.78. The Morgan fingerprint density at radius 1 is 1.41 bits per heavy atom. The van der Waals surface area contributed by atoms with Crippen molar-refractivity contribution in [1.82, 2.24) is 0 Å². The first-order valence-corrected chi connectivity index (χ1v) is 6.08. The van der Waals surface area contributed by atoms with Crippen LogP contribution in [-0.2, 0) is 23.7 Å². The summed E-state index contributed by atoms with van der Waals surface area (Å²) in [7, 11) is 1.41. The highest BCUT2D eigenvalue weighted by Crippen LogP contribution is 2.38. The Bertz CT molecular complexity index is 273. The number of esters is 1. The predicted molar refractivity (Wildman–Crippen MR) is 59.2 cm³/mol. The molecule has 5 heteroatoms. The van der Waals surface area contributed by atoms with Gasteiger partial charge >= 0.3 is 5.97 Å². The number of rotatable bonds is 4. The van der Waals surface area contributed by atoms with Crippen molar-refractivity contribution in [2.75, 3.05) is 7.11 Å². The molecule has 3 atom stereocenters. The molecule has 0 aromatic carbocycles. The first kappa shape index (κ1) is 12.8. The highest BCUT2D eigenvalue weighted by Gasteiger charge is 2.48. The molecule has 0 aromatic heterocycles. The van der Waals surface area contributed by atoms with Crippen LogP contribution in [0.15, 0.2) is 0 Å². The van der Waals surface area contributed by atoms with Crippen LogP contribution in [0.5, 0.6) is 0 Å². The van der Waals surface area contributed by atoms with Gasteiger partial charge in [0.2, 0.25) is 0 Å². The van der Waals surface area contributed by atoms with Crippen molar-refractivity contribution >= 4 is 5.97 Å². The van der Waals surface area contributed by atoms with Crippen molar-refractivity contribution < 1.29 is 23.7 Å². The summed E-state index contributed by atoms with van der Waals surface area (Å²) in [6, 6.07) is 0. The number of methoxy groups -OCH3 is 1. The fraction of sp³-hybridized carbons (Fsp3) is 0.917. The Balaban J connectivity index is 1.69. The van der Waals surface area contributed by atoms with E-state index in [-0.39, 0.29) is 24.5 Å². The molecule has 0 radical (unpaired) electrons. The van der Waals surface area contributed by atoms with Crippen LogP contribution < -0.4 is 0 Å². The van der Waals surface area contributed by atoms with Gasteiger partial charge in [0.1, 0.15) is 6.10 Å². The molecule has 2 fully saturated rings. The highest BCUT2D eigenvalue weighted by atomic mass is 16.8. The van der Waals surface area contributed by atoms with E-state index in [4.69, 9.17) is 14.2 Å². The zero-order valence-corrected chi connectivity index (χ0v) is 10.6. The second kappa shape index (κ2) is 4.92. The second-order valence-corrected chi connectivity index (χ2v) is 5.00. The number of carbonyl (C=O) groups is 1. The average molecular weight is 244 g/mol. The van der Waals surface area contributed by atoms with Crippen LogP contribution in [-0.4, -0.2) is 37.4 Å². The van der Waals surface area contributed by atoms with Crippen LogP contribution in [0.2, 0.25) is 0 Å². The molecule has 0 aliphatic carbocycles. The third kappa shape index (κ3) is 3.18. The van der Waals surface area contributed by atoms with Crippen molar-refractivity contribution in [2.24, 2.45) is 0 Å². The standard InChI is InChI=1S/C12H20O5/c1-12(2)16-9-7-8(15-11(9)17-12)5-4-6-10(13)14-3/h8-9,11H,4-7H2,1-3H3. The van der Waals surface area contributed by atoms with Gasteiger partial charge in [0.15, 0.2) is 12.1 Å². The van der Waals surface area contributed by atoms with Gasteiger partial charge in [-0.3, -0.25) is 4.79 Å². The summed E-state index contributed by atoms with van der Waals surface area (Å²) in [5, 5.41) is 0. The zero-order valence-electron chi connectivity index (χ0n) is 10.6. The molecule has 3 unspecified atom stereocenters. The molecule has 98 valence electrons. The maximum Gasteiger partial charge on any atom is 0.305 e. The minimum atomic E-state index is -0.535. The largest absolute Gasteiger partial charge is 0.469 e. The molecule has 0 aromatic rings. The van der Waals surface area contributed by atoms with Crippen molar-refractivity contribution in [3.63, 3.8) is 0 Å². The lowest BCUT2D eigenvalue weighted by Crippen LogP contribution is -2.24. The highest BCUT2D eigenvalue weighted by molar-refractivity contribution is 5.68. The van der Waals surface area contributed by atoms with Gasteiger partial charge in [-0.15, -0.1) is 0 Å².